The lowest BCUT2D eigenvalue weighted by molar-refractivity contribution is -0.0244. The van der Waals surface area contributed by atoms with Gasteiger partial charge >= 0.3 is 0 Å². The van der Waals surface area contributed by atoms with Crippen molar-refractivity contribution in [2.24, 2.45) is 0 Å². The lowest BCUT2D eigenvalue weighted by atomic mass is 10.1. The minimum atomic E-state index is -1.21. The molecule has 0 bridgehead atoms. The molecular formula is C17H16N4O4S. The molecule has 0 radical (unpaired) electrons. The van der Waals surface area contributed by atoms with E-state index in [1.54, 1.807) is 6.07 Å². The van der Waals surface area contributed by atoms with E-state index in [-0.39, 0.29) is 5.82 Å². The van der Waals surface area contributed by atoms with Gasteiger partial charge in [-0.1, -0.05) is 17.9 Å². The van der Waals surface area contributed by atoms with Crippen molar-refractivity contribution in [2.45, 2.75) is 24.4 Å². The van der Waals surface area contributed by atoms with Gasteiger partial charge in [-0.15, -0.1) is 11.3 Å². The Bertz CT molecular complexity index is 992. The number of anilines is 1. The Morgan fingerprint density at radius 3 is 2.85 bits per heavy atom. The molecule has 1 fully saturated rings. The molecule has 4 rings (SSSR count). The van der Waals surface area contributed by atoms with E-state index in [1.807, 2.05) is 17.5 Å². The van der Waals surface area contributed by atoms with Crippen LogP contribution >= 0.6 is 11.3 Å². The second-order valence-electron chi connectivity index (χ2n) is 5.87. The van der Waals surface area contributed by atoms with E-state index in [2.05, 4.69) is 21.9 Å². The second-order valence-corrected chi connectivity index (χ2v) is 6.82. The van der Waals surface area contributed by atoms with Gasteiger partial charge in [-0.3, -0.25) is 0 Å². The first-order valence-corrected chi connectivity index (χ1v) is 8.78. The number of rotatable bonds is 2. The summed E-state index contributed by atoms with van der Waals surface area (Å²) in [4.78, 5) is 4.90. The van der Waals surface area contributed by atoms with Crippen LogP contribution in [0.1, 0.15) is 22.2 Å². The summed E-state index contributed by atoms with van der Waals surface area (Å²) in [6, 6.07) is 5.53. The molecule has 3 aromatic heterocycles. The molecule has 0 spiro atoms. The third-order valence-electron chi connectivity index (χ3n) is 4.29. The van der Waals surface area contributed by atoms with Crippen molar-refractivity contribution < 1.29 is 20.1 Å². The number of aliphatic hydroxyl groups excluding tert-OH is 3. The highest BCUT2D eigenvalue weighted by Crippen LogP contribution is 2.35. The van der Waals surface area contributed by atoms with Crippen LogP contribution in [0, 0.1) is 11.8 Å². The third-order valence-corrected chi connectivity index (χ3v) is 5.07. The zero-order valence-electron chi connectivity index (χ0n) is 13.5. The molecule has 8 nitrogen and oxygen atoms in total. The Hall–Kier alpha value is -2.48. The number of nitrogens with zero attached hydrogens (tertiary/aromatic N) is 3. The van der Waals surface area contributed by atoms with Gasteiger partial charge in [-0.2, -0.15) is 5.10 Å². The van der Waals surface area contributed by atoms with Gasteiger partial charge in [-0.25, -0.2) is 9.50 Å². The van der Waals surface area contributed by atoms with Gasteiger partial charge in [-0.05, 0) is 17.5 Å². The first-order valence-electron chi connectivity index (χ1n) is 7.90. The van der Waals surface area contributed by atoms with Crippen molar-refractivity contribution in [1.82, 2.24) is 14.6 Å². The number of nitrogen functional groups attached to an aromatic ring is 1. The largest absolute Gasteiger partial charge is 0.394 e. The fourth-order valence-electron chi connectivity index (χ4n) is 3.01. The molecule has 1 aliphatic rings. The highest BCUT2D eigenvalue weighted by molar-refractivity contribution is 7.10. The molecule has 134 valence electrons. The van der Waals surface area contributed by atoms with Crippen molar-refractivity contribution in [2.75, 3.05) is 12.3 Å². The van der Waals surface area contributed by atoms with E-state index < -0.39 is 31.0 Å². The molecule has 26 heavy (non-hydrogen) atoms. The number of fused-ring (bicyclic) bond motifs is 1. The van der Waals surface area contributed by atoms with Gasteiger partial charge in [0.15, 0.2) is 5.82 Å². The van der Waals surface area contributed by atoms with Crippen LogP contribution in [0.3, 0.4) is 0 Å². The topological polar surface area (TPSA) is 126 Å². The predicted molar refractivity (Wildman–Crippen MR) is 94.4 cm³/mol. The maximum atomic E-state index is 10.3. The summed E-state index contributed by atoms with van der Waals surface area (Å²) in [6.45, 7) is -0.403. The summed E-state index contributed by atoms with van der Waals surface area (Å²) in [6.07, 6.45) is -2.86. The Morgan fingerprint density at radius 1 is 1.31 bits per heavy atom. The van der Waals surface area contributed by atoms with Gasteiger partial charge in [0.25, 0.3) is 0 Å². The monoisotopic (exact) mass is 372 g/mol. The summed E-state index contributed by atoms with van der Waals surface area (Å²) in [5.41, 5.74) is 7.57. The lowest BCUT2D eigenvalue weighted by Crippen LogP contribution is -2.32. The standard InChI is InChI=1S/C17H16N4O4S/c18-17-13-9(3-4-10-2-1-5-26-10)6-11(21(13)20-8-19-17)16-15(24)14(23)12(7-22)25-16/h1-2,5-6,8,12,14-16,22-24H,7H2,(H2,18,19,20)/t12-,14-,15-,16+/m1/s1. The fraction of sp³-hybridized carbons (Fsp3) is 0.294. The Morgan fingerprint density at radius 2 is 2.15 bits per heavy atom. The molecule has 4 heterocycles. The van der Waals surface area contributed by atoms with Crippen molar-refractivity contribution in [1.29, 1.82) is 0 Å². The summed E-state index contributed by atoms with van der Waals surface area (Å²) in [5, 5.41) is 35.8. The van der Waals surface area contributed by atoms with E-state index in [4.69, 9.17) is 10.5 Å². The van der Waals surface area contributed by atoms with Crippen LogP contribution in [-0.4, -0.2) is 54.8 Å². The number of thiophene rings is 1. The number of aliphatic hydroxyl groups is 3. The molecule has 4 atom stereocenters. The SMILES string of the molecule is Nc1ncnn2c([C@@H]3O[C@H](CO)[C@@H](O)[C@H]3O)cc(C#Cc3cccs3)c12. The van der Waals surface area contributed by atoms with E-state index in [0.29, 0.717) is 16.8 Å². The van der Waals surface area contributed by atoms with Crippen molar-refractivity contribution >= 4 is 22.7 Å². The third kappa shape index (κ3) is 2.74. The maximum absolute atomic E-state index is 10.3. The van der Waals surface area contributed by atoms with Gasteiger partial charge in [0.05, 0.1) is 22.7 Å². The van der Waals surface area contributed by atoms with Crippen LogP contribution in [0.2, 0.25) is 0 Å². The van der Waals surface area contributed by atoms with Crippen molar-refractivity contribution in [3.05, 3.63) is 46.0 Å². The minimum absolute atomic E-state index is 0.244. The molecular weight excluding hydrogens is 356 g/mol. The zero-order valence-corrected chi connectivity index (χ0v) is 14.3. The normalized spacial score (nSPS) is 25.3. The Balaban J connectivity index is 1.83. The van der Waals surface area contributed by atoms with Gasteiger partial charge < -0.3 is 25.8 Å². The van der Waals surface area contributed by atoms with Crippen LogP contribution < -0.4 is 5.73 Å². The number of nitrogens with two attached hydrogens (primary N) is 1. The molecule has 0 aliphatic carbocycles. The molecule has 0 amide bonds. The highest BCUT2D eigenvalue weighted by atomic mass is 32.1. The molecule has 9 heteroatoms. The quantitative estimate of drug-likeness (QED) is 0.464. The predicted octanol–water partition coefficient (Wildman–Crippen LogP) is -0.0732. The number of hydrogen-bond acceptors (Lipinski definition) is 8. The summed E-state index contributed by atoms with van der Waals surface area (Å²) < 4.78 is 7.12. The molecule has 0 saturated carbocycles. The van der Waals surface area contributed by atoms with Crippen LogP contribution in [0.15, 0.2) is 29.9 Å². The van der Waals surface area contributed by atoms with Crippen LogP contribution in [0.4, 0.5) is 5.82 Å². The summed E-state index contributed by atoms with van der Waals surface area (Å²) in [5.74, 6) is 6.36. The second kappa shape index (κ2) is 6.68. The number of hydrogen-bond donors (Lipinski definition) is 4. The van der Waals surface area contributed by atoms with E-state index in [9.17, 15) is 15.3 Å². The molecule has 3 aromatic rings. The zero-order chi connectivity index (χ0) is 18.3. The van der Waals surface area contributed by atoms with Gasteiger partial charge in [0.1, 0.15) is 36.3 Å². The van der Waals surface area contributed by atoms with Crippen molar-refractivity contribution in [3.8, 4) is 11.8 Å². The van der Waals surface area contributed by atoms with Crippen LogP contribution in [0.5, 0.6) is 0 Å². The minimum Gasteiger partial charge on any atom is -0.394 e. The van der Waals surface area contributed by atoms with E-state index in [1.165, 1.54) is 22.2 Å². The molecule has 0 unspecified atom stereocenters. The van der Waals surface area contributed by atoms with Crippen LogP contribution in [0.25, 0.3) is 5.52 Å². The molecule has 1 aliphatic heterocycles. The Kier molecular flexibility index (Phi) is 4.36. The summed E-state index contributed by atoms with van der Waals surface area (Å²) in [7, 11) is 0. The average Bonchev–Trinajstić information content (AvgIpc) is 3.34. The average molecular weight is 372 g/mol. The summed E-state index contributed by atoms with van der Waals surface area (Å²) >= 11 is 1.52. The first kappa shape index (κ1) is 17.0. The van der Waals surface area contributed by atoms with Crippen molar-refractivity contribution in [3.63, 3.8) is 0 Å². The first-order chi connectivity index (χ1) is 12.6. The number of ether oxygens (including phenoxy) is 1. The van der Waals surface area contributed by atoms with Crippen LogP contribution in [-0.2, 0) is 4.74 Å². The Labute approximate surface area is 152 Å². The van der Waals surface area contributed by atoms with Gasteiger partial charge in [0, 0.05) is 0 Å². The fourth-order valence-corrected chi connectivity index (χ4v) is 3.58. The smallest absolute Gasteiger partial charge is 0.152 e. The lowest BCUT2D eigenvalue weighted by Gasteiger charge is -2.14. The van der Waals surface area contributed by atoms with E-state index in [0.717, 1.165) is 4.88 Å². The maximum Gasteiger partial charge on any atom is 0.152 e. The number of aromatic nitrogens is 3. The van der Waals surface area contributed by atoms with Gasteiger partial charge in [0.2, 0.25) is 0 Å². The molecule has 0 aromatic carbocycles. The highest BCUT2D eigenvalue weighted by Gasteiger charge is 2.44. The molecule has 5 N–H and O–H groups in total. The van der Waals surface area contributed by atoms with E-state index >= 15 is 0 Å². The molecule has 1 saturated heterocycles.